The van der Waals surface area contributed by atoms with Crippen LogP contribution in [0.2, 0.25) is 10.0 Å². The number of halogens is 2. The second-order valence-corrected chi connectivity index (χ2v) is 8.30. The summed E-state index contributed by atoms with van der Waals surface area (Å²) in [7, 11) is 0. The standard InChI is InChI=1S/C18H23Cl2NO4/c1-17(2,3)25-16(24)21-8-4-7-18(11-21,10-15(22)23)12-5-6-13(19)14(20)9-12/h5-6,9H,4,7-8,10-11H2,1-3H3,(H,22,23)/t18-/m1/s1. The quantitative estimate of drug-likeness (QED) is 0.813. The summed E-state index contributed by atoms with van der Waals surface area (Å²) in [5.74, 6) is -0.919. The van der Waals surface area contributed by atoms with Crippen molar-refractivity contribution in [3.8, 4) is 0 Å². The zero-order valence-corrected chi connectivity index (χ0v) is 16.2. The topological polar surface area (TPSA) is 66.8 Å². The van der Waals surface area contributed by atoms with E-state index >= 15 is 0 Å². The van der Waals surface area contributed by atoms with Gasteiger partial charge in [-0.25, -0.2) is 4.79 Å². The Morgan fingerprint density at radius 3 is 2.52 bits per heavy atom. The minimum Gasteiger partial charge on any atom is -0.481 e. The maximum atomic E-state index is 12.4. The molecule has 25 heavy (non-hydrogen) atoms. The van der Waals surface area contributed by atoms with Crippen LogP contribution in [0, 0.1) is 0 Å². The Labute approximate surface area is 157 Å². The summed E-state index contributed by atoms with van der Waals surface area (Å²) in [6.07, 6.45) is 0.815. The number of hydrogen-bond donors (Lipinski definition) is 1. The molecule has 7 heteroatoms. The average molecular weight is 388 g/mol. The number of rotatable bonds is 3. The van der Waals surface area contributed by atoms with Crippen LogP contribution < -0.4 is 0 Å². The van der Waals surface area contributed by atoms with Crippen molar-refractivity contribution in [2.24, 2.45) is 0 Å². The maximum absolute atomic E-state index is 12.4. The highest BCUT2D eigenvalue weighted by atomic mass is 35.5. The van der Waals surface area contributed by atoms with Gasteiger partial charge in [0.15, 0.2) is 0 Å². The lowest BCUT2D eigenvalue weighted by Gasteiger charge is -2.42. The number of amides is 1. The van der Waals surface area contributed by atoms with Crippen molar-refractivity contribution in [2.45, 2.75) is 51.0 Å². The van der Waals surface area contributed by atoms with Crippen LogP contribution in [0.25, 0.3) is 0 Å². The van der Waals surface area contributed by atoms with Crippen molar-refractivity contribution in [2.75, 3.05) is 13.1 Å². The molecule has 0 spiro atoms. The molecule has 1 aromatic carbocycles. The van der Waals surface area contributed by atoms with Gasteiger partial charge in [-0.15, -0.1) is 0 Å². The second-order valence-electron chi connectivity index (χ2n) is 7.49. The van der Waals surface area contributed by atoms with Gasteiger partial charge in [0.1, 0.15) is 5.60 Å². The largest absolute Gasteiger partial charge is 0.481 e. The monoisotopic (exact) mass is 387 g/mol. The molecule has 1 atom stereocenters. The van der Waals surface area contributed by atoms with E-state index in [1.807, 2.05) is 0 Å². The highest BCUT2D eigenvalue weighted by molar-refractivity contribution is 6.42. The third-order valence-electron chi connectivity index (χ3n) is 4.25. The summed E-state index contributed by atoms with van der Waals surface area (Å²) < 4.78 is 5.45. The maximum Gasteiger partial charge on any atom is 0.410 e. The number of benzene rings is 1. The molecule has 0 saturated carbocycles. The predicted octanol–water partition coefficient (Wildman–Crippen LogP) is 4.74. The first kappa shape index (κ1) is 19.9. The molecular weight excluding hydrogens is 365 g/mol. The van der Waals surface area contributed by atoms with Crippen LogP contribution in [0.4, 0.5) is 4.79 Å². The second kappa shape index (κ2) is 7.42. The number of likely N-dealkylation sites (tertiary alicyclic amines) is 1. The Bertz CT molecular complexity index is 672. The fourth-order valence-electron chi connectivity index (χ4n) is 3.21. The van der Waals surface area contributed by atoms with Gasteiger partial charge < -0.3 is 14.7 Å². The number of nitrogens with zero attached hydrogens (tertiary/aromatic N) is 1. The Morgan fingerprint density at radius 1 is 1.28 bits per heavy atom. The number of carbonyl (C=O) groups is 2. The minimum atomic E-state index is -0.919. The van der Waals surface area contributed by atoms with Gasteiger partial charge in [0.05, 0.1) is 16.5 Å². The molecule has 0 aromatic heterocycles. The Kier molecular flexibility index (Phi) is 5.89. The third kappa shape index (κ3) is 5.02. The van der Waals surface area contributed by atoms with E-state index in [1.165, 1.54) is 0 Å². The van der Waals surface area contributed by atoms with Crippen LogP contribution in [0.5, 0.6) is 0 Å². The fraction of sp³-hybridized carbons (Fsp3) is 0.556. The molecule has 0 unspecified atom stereocenters. The summed E-state index contributed by atoms with van der Waals surface area (Å²) in [6, 6.07) is 5.15. The normalized spacial score (nSPS) is 21.1. The van der Waals surface area contributed by atoms with E-state index in [2.05, 4.69) is 0 Å². The van der Waals surface area contributed by atoms with E-state index in [9.17, 15) is 14.7 Å². The highest BCUT2D eigenvalue weighted by Crippen LogP contribution is 2.40. The lowest BCUT2D eigenvalue weighted by molar-refractivity contribution is -0.139. The Morgan fingerprint density at radius 2 is 1.96 bits per heavy atom. The molecule has 0 bridgehead atoms. The molecular formula is C18H23Cl2NO4. The number of carboxylic acid groups (broad SMARTS) is 1. The summed E-state index contributed by atoms with van der Waals surface area (Å²) >= 11 is 12.1. The number of carboxylic acids is 1. The summed E-state index contributed by atoms with van der Waals surface area (Å²) in [6.45, 7) is 6.22. The third-order valence-corrected chi connectivity index (χ3v) is 4.99. The molecule has 1 fully saturated rings. The minimum absolute atomic E-state index is 0.0930. The van der Waals surface area contributed by atoms with E-state index in [0.717, 1.165) is 5.56 Å². The molecule has 0 radical (unpaired) electrons. The van der Waals surface area contributed by atoms with Crippen LogP contribution in [-0.4, -0.2) is 40.8 Å². The van der Waals surface area contributed by atoms with E-state index in [1.54, 1.807) is 43.9 Å². The van der Waals surface area contributed by atoms with E-state index < -0.39 is 23.1 Å². The van der Waals surface area contributed by atoms with Crippen molar-refractivity contribution < 1.29 is 19.4 Å². The number of hydrogen-bond acceptors (Lipinski definition) is 3. The molecule has 1 N–H and O–H groups in total. The van der Waals surface area contributed by atoms with Crippen molar-refractivity contribution in [1.29, 1.82) is 0 Å². The van der Waals surface area contributed by atoms with Crippen LogP contribution in [-0.2, 0) is 14.9 Å². The Hall–Kier alpha value is -1.46. The lowest BCUT2D eigenvalue weighted by atomic mass is 9.72. The first-order valence-corrected chi connectivity index (χ1v) is 8.93. The molecule has 1 heterocycles. The number of ether oxygens (including phenoxy) is 1. The van der Waals surface area contributed by atoms with Gasteiger partial charge in [-0.3, -0.25) is 4.79 Å². The SMILES string of the molecule is CC(C)(C)OC(=O)N1CCC[C@](CC(=O)O)(c2ccc(Cl)c(Cl)c2)C1. The molecule has 5 nitrogen and oxygen atoms in total. The molecule has 138 valence electrons. The van der Waals surface area contributed by atoms with Gasteiger partial charge in [0.2, 0.25) is 0 Å². The van der Waals surface area contributed by atoms with Crippen molar-refractivity contribution in [3.05, 3.63) is 33.8 Å². The lowest BCUT2D eigenvalue weighted by Crippen LogP contribution is -2.50. The number of piperidine rings is 1. The summed E-state index contributed by atoms with van der Waals surface area (Å²) in [4.78, 5) is 25.5. The van der Waals surface area contributed by atoms with E-state index in [0.29, 0.717) is 29.4 Å². The zero-order chi connectivity index (χ0) is 18.8. The molecule has 1 saturated heterocycles. The molecule has 1 aromatic rings. The average Bonchev–Trinajstić information content (AvgIpc) is 2.47. The zero-order valence-electron chi connectivity index (χ0n) is 14.6. The van der Waals surface area contributed by atoms with Gasteiger partial charge >= 0.3 is 12.1 Å². The van der Waals surface area contributed by atoms with Gasteiger partial charge in [0.25, 0.3) is 0 Å². The van der Waals surface area contributed by atoms with Crippen LogP contribution in [0.15, 0.2) is 18.2 Å². The van der Waals surface area contributed by atoms with Gasteiger partial charge in [0, 0.05) is 18.5 Å². The predicted molar refractivity (Wildman–Crippen MR) is 97.4 cm³/mol. The Balaban J connectivity index is 2.34. The van der Waals surface area contributed by atoms with E-state index in [-0.39, 0.29) is 13.0 Å². The van der Waals surface area contributed by atoms with Crippen molar-refractivity contribution in [1.82, 2.24) is 4.90 Å². The van der Waals surface area contributed by atoms with Gasteiger partial charge in [-0.2, -0.15) is 0 Å². The van der Waals surface area contributed by atoms with Crippen LogP contribution >= 0.6 is 23.2 Å². The number of aliphatic carboxylic acids is 1. The van der Waals surface area contributed by atoms with E-state index in [4.69, 9.17) is 27.9 Å². The highest BCUT2D eigenvalue weighted by Gasteiger charge is 2.41. The molecule has 1 amide bonds. The summed E-state index contributed by atoms with van der Waals surface area (Å²) in [5.41, 5.74) is -0.541. The fourth-order valence-corrected chi connectivity index (χ4v) is 3.51. The first-order chi connectivity index (χ1) is 11.5. The molecule has 1 aliphatic rings. The van der Waals surface area contributed by atoms with Crippen LogP contribution in [0.1, 0.15) is 45.6 Å². The molecule has 2 rings (SSSR count). The molecule has 0 aliphatic carbocycles. The smallest absolute Gasteiger partial charge is 0.410 e. The summed E-state index contributed by atoms with van der Waals surface area (Å²) in [5, 5.41) is 10.2. The van der Waals surface area contributed by atoms with Gasteiger partial charge in [-0.1, -0.05) is 29.3 Å². The number of carbonyl (C=O) groups excluding carboxylic acids is 1. The van der Waals surface area contributed by atoms with Gasteiger partial charge in [-0.05, 0) is 51.3 Å². The molecule has 1 aliphatic heterocycles. The first-order valence-electron chi connectivity index (χ1n) is 8.18. The van der Waals surface area contributed by atoms with Crippen LogP contribution in [0.3, 0.4) is 0 Å². The van der Waals surface area contributed by atoms with Crippen molar-refractivity contribution >= 4 is 35.3 Å². The van der Waals surface area contributed by atoms with Crippen molar-refractivity contribution in [3.63, 3.8) is 0 Å².